The lowest BCUT2D eigenvalue weighted by Gasteiger charge is -2.32. The number of carbonyl (C=O) groups excluding carboxylic acids is 2. The molecule has 2 atom stereocenters. The van der Waals surface area contributed by atoms with Crippen LogP contribution in [-0.2, 0) is 9.59 Å². The Bertz CT molecular complexity index is 330. The molecule has 4 nitrogen and oxygen atoms in total. The molecule has 0 spiro atoms. The molecule has 2 saturated heterocycles. The first-order valence-electron chi connectivity index (χ1n) is 7.29. The van der Waals surface area contributed by atoms with E-state index in [9.17, 15) is 9.59 Å². The van der Waals surface area contributed by atoms with Crippen LogP contribution in [0.25, 0.3) is 0 Å². The Morgan fingerprint density at radius 2 is 2.06 bits per heavy atom. The Balaban J connectivity index is 2.16. The van der Waals surface area contributed by atoms with Gasteiger partial charge in [0.2, 0.25) is 11.8 Å². The maximum absolute atomic E-state index is 12.6. The van der Waals surface area contributed by atoms with Crippen molar-refractivity contribution >= 4 is 11.8 Å². The molecule has 0 saturated carbocycles. The third-order valence-corrected chi connectivity index (χ3v) is 4.24. The van der Waals surface area contributed by atoms with Gasteiger partial charge in [0.15, 0.2) is 0 Å². The minimum Gasteiger partial charge on any atom is -0.337 e. The van der Waals surface area contributed by atoms with Gasteiger partial charge in [-0.15, -0.1) is 0 Å². The Kier molecular flexibility index (Phi) is 4.25. The van der Waals surface area contributed by atoms with E-state index >= 15 is 0 Å². The highest BCUT2D eigenvalue weighted by Crippen LogP contribution is 2.26. The van der Waals surface area contributed by atoms with E-state index in [-0.39, 0.29) is 17.9 Å². The second-order valence-corrected chi connectivity index (χ2v) is 5.38. The van der Waals surface area contributed by atoms with Crippen molar-refractivity contribution in [2.45, 2.75) is 64.5 Å². The summed E-state index contributed by atoms with van der Waals surface area (Å²) >= 11 is 0. The minimum atomic E-state index is -0.161. The first kappa shape index (κ1) is 13.4. The van der Waals surface area contributed by atoms with E-state index in [1.54, 1.807) is 4.90 Å². The van der Waals surface area contributed by atoms with Gasteiger partial charge < -0.3 is 9.80 Å². The standard InChI is InChI=1S/C14H24N2O2/c1-3-6-11(4-2)15-10-8-13(17)16-9-5-7-12(16)14(15)18/h11-12H,3-10H2,1-2H3. The average molecular weight is 252 g/mol. The quantitative estimate of drug-likeness (QED) is 0.765. The van der Waals surface area contributed by atoms with E-state index in [0.29, 0.717) is 19.0 Å². The molecule has 4 heteroatoms. The molecule has 0 radical (unpaired) electrons. The van der Waals surface area contributed by atoms with Gasteiger partial charge in [-0.3, -0.25) is 9.59 Å². The van der Waals surface area contributed by atoms with E-state index < -0.39 is 0 Å². The van der Waals surface area contributed by atoms with Crippen molar-refractivity contribution in [1.82, 2.24) is 9.80 Å². The lowest BCUT2D eigenvalue weighted by molar-refractivity contribution is -0.140. The fourth-order valence-electron chi connectivity index (χ4n) is 3.26. The van der Waals surface area contributed by atoms with Gasteiger partial charge in [-0.25, -0.2) is 0 Å². The van der Waals surface area contributed by atoms with Crippen LogP contribution in [0.2, 0.25) is 0 Å². The van der Waals surface area contributed by atoms with Crippen LogP contribution in [0.3, 0.4) is 0 Å². The van der Waals surface area contributed by atoms with Gasteiger partial charge in [0, 0.05) is 25.6 Å². The molecule has 2 aliphatic rings. The van der Waals surface area contributed by atoms with E-state index in [1.165, 1.54) is 0 Å². The number of fused-ring (bicyclic) bond motifs is 1. The lowest BCUT2D eigenvalue weighted by Crippen LogP contribution is -2.47. The van der Waals surface area contributed by atoms with Gasteiger partial charge in [0.05, 0.1) is 0 Å². The average Bonchev–Trinajstić information content (AvgIpc) is 2.82. The van der Waals surface area contributed by atoms with Crippen LogP contribution < -0.4 is 0 Å². The Morgan fingerprint density at radius 1 is 1.28 bits per heavy atom. The summed E-state index contributed by atoms with van der Waals surface area (Å²) in [5.41, 5.74) is 0. The van der Waals surface area contributed by atoms with Gasteiger partial charge in [0.25, 0.3) is 0 Å². The van der Waals surface area contributed by atoms with Gasteiger partial charge in [-0.05, 0) is 25.7 Å². The fraction of sp³-hybridized carbons (Fsp3) is 0.857. The molecule has 0 aromatic carbocycles. The zero-order valence-electron chi connectivity index (χ0n) is 11.5. The molecule has 102 valence electrons. The maximum atomic E-state index is 12.6. The highest BCUT2D eigenvalue weighted by atomic mass is 16.2. The van der Waals surface area contributed by atoms with Crippen LogP contribution in [0.15, 0.2) is 0 Å². The zero-order chi connectivity index (χ0) is 13.1. The molecule has 2 aliphatic heterocycles. The zero-order valence-corrected chi connectivity index (χ0v) is 11.5. The molecule has 18 heavy (non-hydrogen) atoms. The number of rotatable bonds is 4. The van der Waals surface area contributed by atoms with Crippen LogP contribution in [0, 0.1) is 0 Å². The summed E-state index contributed by atoms with van der Waals surface area (Å²) in [6.07, 6.45) is 5.45. The third kappa shape index (κ3) is 2.38. The molecule has 2 unspecified atom stereocenters. The van der Waals surface area contributed by atoms with E-state index in [1.807, 2.05) is 4.90 Å². The Labute approximate surface area is 109 Å². The van der Waals surface area contributed by atoms with Crippen LogP contribution >= 0.6 is 0 Å². The van der Waals surface area contributed by atoms with Crippen LogP contribution in [0.4, 0.5) is 0 Å². The van der Waals surface area contributed by atoms with Crippen molar-refractivity contribution < 1.29 is 9.59 Å². The summed E-state index contributed by atoms with van der Waals surface area (Å²) in [5.74, 6) is 0.360. The molecule has 0 aromatic heterocycles. The summed E-state index contributed by atoms with van der Waals surface area (Å²) in [6.45, 7) is 5.67. The second kappa shape index (κ2) is 5.72. The number of hydrogen-bond donors (Lipinski definition) is 0. The predicted octanol–water partition coefficient (Wildman–Crippen LogP) is 1.79. The molecule has 0 aromatic rings. The maximum Gasteiger partial charge on any atom is 0.245 e. The summed E-state index contributed by atoms with van der Waals surface area (Å²) in [7, 11) is 0. The van der Waals surface area contributed by atoms with Crippen molar-refractivity contribution in [3.8, 4) is 0 Å². The SMILES string of the molecule is CCCC(CC)N1CCC(=O)N2CCCC2C1=O. The highest BCUT2D eigenvalue weighted by Gasteiger charge is 2.40. The molecule has 2 amide bonds. The van der Waals surface area contributed by atoms with E-state index in [2.05, 4.69) is 13.8 Å². The summed E-state index contributed by atoms with van der Waals surface area (Å²) in [5, 5.41) is 0. The first-order valence-corrected chi connectivity index (χ1v) is 7.29. The molecule has 2 fully saturated rings. The number of carbonyl (C=O) groups is 2. The van der Waals surface area contributed by atoms with Crippen molar-refractivity contribution in [3.05, 3.63) is 0 Å². The smallest absolute Gasteiger partial charge is 0.245 e. The Hall–Kier alpha value is -1.06. The van der Waals surface area contributed by atoms with Crippen molar-refractivity contribution in [3.63, 3.8) is 0 Å². The summed E-state index contributed by atoms with van der Waals surface area (Å²) in [4.78, 5) is 28.4. The molecular weight excluding hydrogens is 228 g/mol. The molecule has 0 aliphatic carbocycles. The van der Waals surface area contributed by atoms with Gasteiger partial charge >= 0.3 is 0 Å². The molecule has 0 N–H and O–H groups in total. The fourth-order valence-corrected chi connectivity index (χ4v) is 3.26. The highest BCUT2D eigenvalue weighted by molar-refractivity contribution is 5.90. The molecule has 0 bridgehead atoms. The summed E-state index contributed by atoms with van der Waals surface area (Å²) < 4.78 is 0. The number of hydrogen-bond acceptors (Lipinski definition) is 2. The number of nitrogens with zero attached hydrogens (tertiary/aromatic N) is 2. The Morgan fingerprint density at radius 3 is 2.72 bits per heavy atom. The van der Waals surface area contributed by atoms with Gasteiger partial charge in [0.1, 0.15) is 6.04 Å². The van der Waals surface area contributed by atoms with Gasteiger partial charge in [-0.1, -0.05) is 20.3 Å². The normalized spacial score (nSPS) is 26.2. The predicted molar refractivity (Wildman–Crippen MR) is 70.1 cm³/mol. The van der Waals surface area contributed by atoms with Crippen LogP contribution in [-0.4, -0.2) is 46.8 Å². The van der Waals surface area contributed by atoms with Gasteiger partial charge in [-0.2, -0.15) is 0 Å². The topological polar surface area (TPSA) is 40.6 Å². The van der Waals surface area contributed by atoms with E-state index in [0.717, 1.165) is 38.6 Å². The molecular formula is C14H24N2O2. The summed E-state index contributed by atoms with van der Waals surface area (Å²) in [6, 6.07) is 0.154. The first-order chi connectivity index (χ1) is 8.69. The van der Waals surface area contributed by atoms with Crippen LogP contribution in [0.1, 0.15) is 52.4 Å². The van der Waals surface area contributed by atoms with Crippen molar-refractivity contribution in [1.29, 1.82) is 0 Å². The van der Waals surface area contributed by atoms with Crippen molar-refractivity contribution in [2.24, 2.45) is 0 Å². The lowest BCUT2D eigenvalue weighted by atomic mass is 10.1. The second-order valence-electron chi connectivity index (χ2n) is 5.38. The van der Waals surface area contributed by atoms with E-state index in [4.69, 9.17) is 0 Å². The molecule has 2 rings (SSSR count). The minimum absolute atomic E-state index is 0.161. The van der Waals surface area contributed by atoms with Crippen LogP contribution in [0.5, 0.6) is 0 Å². The molecule has 2 heterocycles. The monoisotopic (exact) mass is 252 g/mol. The number of amides is 2. The van der Waals surface area contributed by atoms with Crippen molar-refractivity contribution in [2.75, 3.05) is 13.1 Å². The third-order valence-electron chi connectivity index (χ3n) is 4.24. The largest absolute Gasteiger partial charge is 0.337 e.